The van der Waals surface area contributed by atoms with Crippen LogP contribution in [0.25, 0.3) is 11.1 Å². The van der Waals surface area contributed by atoms with E-state index in [-0.39, 0.29) is 11.9 Å². The van der Waals surface area contributed by atoms with Gasteiger partial charge >= 0.3 is 0 Å². The third kappa shape index (κ3) is 3.33. The van der Waals surface area contributed by atoms with Crippen LogP contribution in [0.5, 0.6) is 0 Å². The van der Waals surface area contributed by atoms with Crippen LogP contribution in [0.3, 0.4) is 0 Å². The minimum absolute atomic E-state index is 0.0758. The Hall–Kier alpha value is -2.22. The molecule has 0 N–H and O–H groups in total. The molecule has 0 saturated carbocycles. The molecule has 1 aliphatic rings. The Morgan fingerprint density at radius 3 is 2.62 bits per heavy atom. The maximum Gasteiger partial charge on any atom is 0.123 e. The molecule has 1 aliphatic heterocycles. The van der Waals surface area contributed by atoms with Crippen molar-refractivity contribution >= 4 is 0 Å². The van der Waals surface area contributed by atoms with Crippen LogP contribution in [0.2, 0.25) is 0 Å². The summed E-state index contributed by atoms with van der Waals surface area (Å²) in [5.74, 6) is -0.275. The van der Waals surface area contributed by atoms with Crippen molar-refractivity contribution in [3.63, 3.8) is 0 Å². The monoisotopic (exact) mass is 324 g/mol. The average molecular weight is 324 g/mol. The second kappa shape index (κ2) is 7.12. The number of hydrogen-bond donors (Lipinski definition) is 0. The van der Waals surface area contributed by atoms with Gasteiger partial charge in [0.25, 0.3) is 0 Å². The van der Waals surface area contributed by atoms with Gasteiger partial charge in [0, 0.05) is 5.56 Å². The van der Waals surface area contributed by atoms with Crippen molar-refractivity contribution in [2.45, 2.75) is 25.6 Å². The summed E-state index contributed by atoms with van der Waals surface area (Å²) in [5.41, 5.74) is 4.58. The maximum atomic E-state index is 13.2. The molecule has 4 heteroatoms. The Morgan fingerprint density at radius 1 is 1.21 bits per heavy atom. The molecule has 1 atom stereocenters. The maximum absolute atomic E-state index is 13.2. The van der Waals surface area contributed by atoms with E-state index in [1.54, 1.807) is 12.1 Å². The Balaban J connectivity index is 1.94. The minimum Gasteiger partial charge on any atom is -0.369 e. The molecule has 0 saturated heterocycles. The Bertz CT molecular complexity index is 762. The highest BCUT2D eigenvalue weighted by atomic mass is 19.1. The van der Waals surface area contributed by atoms with Crippen LogP contribution in [-0.2, 0) is 11.3 Å². The van der Waals surface area contributed by atoms with Crippen LogP contribution in [0.15, 0.2) is 36.4 Å². The lowest BCUT2D eigenvalue weighted by Gasteiger charge is -2.15. The van der Waals surface area contributed by atoms with Crippen molar-refractivity contribution in [3.05, 3.63) is 58.9 Å². The first-order valence-corrected chi connectivity index (χ1v) is 8.18. The standard InChI is InChI=1S/C20H21FN2O/c1-23(2)11-3-4-19-17-10-7-15(12-22)20(18(17)13-24-19)14-5-8-16(21)9-6-14/h5-10,19H,3-4,11,13H2,1-2H3. The third-order valence-electron chi connectivity index (χ3n) is 4.45. The van der Waals surface area contributed by atoms with Crippen LogP contribution < -0.4 is 0 Å². The summed E-state index contributed by atoms with van der Waals surface area (Å²) < 4.78 is 19.2. The second-order valence-corrected chi connectivity index (χ2v) is 6.42. The van der Waals surface area contributed by atoms with E-state index in [2.05, 4.69) is 25.1 Å². The molecule has 0 aromatic heterocycles. The number of rotatable bonds is 5. The molecule has 1 unspecified atom stereocenters. The van der Waals surface area contributed by atoms with Gasteiger partial charge in [0.1, 0.15) is 5.82 Å². The highest BCUT2D eigenvalue weighted by molar-refractivity contribution is 5.75. The van der Waals surface area contributed by atoms with Gasteiger partial charge in [0.05, 0.1) is 24.3 Å². The highest BCUT2D eigenvalue weighted by Gasteiger charge is 2.27. The second-order valence-electron chi connectivity index (χ2n) is 6.42. The fourth-order valence-corrected chi connectivity index (χ4v) is 3.27. The molecule has 0 amide bonds. The van der Waals surface area contributed by atoms with Gasteiger partial charge < -0.3 is 9.64 Å². The summed E-state index contributed by atoms with van der Waals surface area (Å²) in [5, 5.41) is 9.46. The fourth-order valence-electron chi connectivity index (χ4n) is 3.27. The Morgan fingerprint density at radius 2 is 1.96 bits per heavy atom. The summed E-state index contributed by atoms with van der Waals surface area (Å²) in [6.45, 7) is 1.53. The summed E-state index contributed by atoms with van der Waals surface area (Å²) >= 11 is 0. The van der Waals surface area contributed by atoms with E-state index >= 15 is 0 Å². The number of ether oxygens (including phenoxy) is 1. The van der Waals surface area contributed by atoms with E-state index in [9.17, 15) is 9.65 Å². The normalized spacial score (nSPS) is 16.2. The molecular formula is C20H21FN2O. The van der Waals surface area contributed by atoms with Crippen molar-refractivity contribution in [3.8, 4) is 17.2 Å². The molecule has 0 aliphatic carbocycles. The van der Waals surface area contributed by atoms with E-state index in [4.69, 9.17) is 4.74 Å². The molecule has 1 heterocycles. The van der Waals surface area contributed by atoms with Crippen LogP contribution in [0, 0.1) is 17.1 Å². The van der Waals surface area contributed by atoms with Crippen molar-refractivity contribution < 1.29 is 9.13 Å². The first-order chi connectivity index (χ1) is 11.6. The molecule has 2 aromatic carbocycles. The summed E-state index contributed by atoms with van der Waals surface area (Å²) in [6, 6.07) is 12.4. The van der Waals surface area contributed by atoms with E-state index < -0.39 is 0 Å². The molecule has 0 bridgehead atoms. The number of fused-ring (bicyclic) bond motifs is 1. The molecule has 0 radical (unpaired) electrons. The lowest BCUT2D eigenvalue weighted by molar-refractivity contribution is 0.0574. The van der Waals surface area contributed by atoms with E-state index in [0.29, 0.717) is 12.2 Å². The number of nitriles is 1. The lowest BCUT2D eigenvalue weighted by Crippen LogP contribution is -2.13. The zero-order valence-corrected chi connectivity index (χ0v) is 14.1. The fraction of sp³-hybridized carbons (Fsp3) is 0.350. The first-order valence-electron chi connectivity index (χ1n) is 8.18. The largest absolute Gasteiger partial charge is 0.369 e. The Kier molecular flexibility index (Phi) is 4.94. The molecule has 0 spiro atoms. The topological polar surface area (TPSA) is 36.3 Å². The number of hydrogen-bond acceptors (Lipinski definition) is 3. The van der Waals surface area contributed by atoms with Crippen molar-refractivity contribution in [1.29, 1.82) is 5.26 Å². The van der Waals surface area contributed by atoms with Gasteiger partial charge in [-0.3, -0.25) is 0 Å². The molecule has 24 heavy (non-hydrogen) atoms. The van der Waals surface area contributed by atoms with Gasteiger partial charge in [-0.15, -0.1) is 0 Å². The summed E-state index contributed by atoms with van der Waals surface area (Å²) in [4.78, 5) is 2.17. The van der Waals surface area contributed by atoms with Crippen LogP contribution in [0.4, 0.5) is 4.39 Å². The van der Waals surface area contributed by atoms with Gasteiger partial charge in [-0.2, -0.15) is 5.26 Å². The van der Waals surface area contributed by atoms with Crippen molar-refractivity contribution in [1.82, 2.24) is 4.90 Å². The first kappa shape index (κ1) is 16.6. The lowest BCUT2D eigenvalue weighted by atomic mass is 9.90. The van der Waals surface area contributed by atoms with Crippen molar-refractivity contribution in [2.24, 2.45) is 0 Å². The molecule has 3 rings (SSSR count). The Labute approximate surface area is 142 Å². The van der Waals surface area contributed by atoms with Gasteiger partial charge in [0.2, 0.25) is 0 Å². The molecular weight excluding hydrogens is 303 g/mol. The number of nitrogens with zero attached hydrogens (tertiary/aromatic N) is 2. The number of halogens is 1. The minimum atomic E-state index is -0.275. The van der Waals surface area contributed by atoms with Crippen molar-refractivity contribution in [2.75, 3.05) is 20.6 Å². The number of benzene rings is 2. The quantitative estimate of drug-likeness (QED) is 0.824. The van der Waals surface area contributed by atoms with Crippen LogP contribution in [-0.4, -0.2) is 25.5 Å². The molecule has 124 valence electrons. The van der Waals surface area contributed by atoms with E-state index in [1.807, 2.05) is 12.1 Å². The predicted molar refractivity (Wildman–Crippen MR) is 91.9 cm³/mol. The summed E-state index contributed by atoms with van der Waals surface area (Å²) in [7, 11) is 4.13. The van der Waals surface area contributed by atoms with E-state index in [0.717, 1.165) is 41.6 Å². The predicted octanol–water partition coefficient (Wildman–Crippen LogP) is 4.28. The average Bonchev–Trinajstić information content (AvgIpc) is 2.98. The van der Waals surface area contributed by atoms with Gasteiger partial charge in [-0.1, -0.05) is 18.2 Å². The van der Waals surface area contributed by atoms with Crippen LogP contribution in [0.1, 0.15) is 35.6 Å². The summed E-state index contributed by atoms with van der Waals surface area (Å²) in [6.07, 6.45) is 2.09. The SMILES string of the molecule is CN(C)CCCC1OCc2c1ccc(C#N)c2-c1ccc(F)cc1. The smallest absolute Gasteiger partial charge is 0.123 e. The zero-order valence-electron chi connectivity index (χ0n) is 14.1. The molecule has 0 fully saturated rings. The zero-order chi connectivity index (χ0) is 17.1. The molecule has 2 aromatic rings. The third-order valence-corrected chi connectivity index (χ3v) is 4.45. The van der Waals surface area contributed by atoms with Gasteiger partial charge in [-0.25, -0.2) is 4.39 Å². The molecule has 3 nitrogen and oxygen atoms in total. The van der Waals surface area contributed by atoms with Gasteiger partial charge in [-0.05, 0) is 68.4 Å². The van der Waals surface area contributed by atoms with Crippen LogP contribution >= 0.6 is 0 Å². The van der Waals surface area contributed by atoms with Gasteiger partial charge in [0.15, 0.2) is 0 Å². The van der Waals surface area contributed by atoms with E-state index in [1.165, 1.54) is 12.1 Å². The highest BCUT2D eigenvalue weighted by Crippen LogP contribution is 2.41.